The fraction of sp³-hybridized carbons (Fsp3) is 0.533. The lowest BCUT2D eigenvalue weighted by molar-refractivity contribution is -0.00916. The molecule has 6 heteroatoms. The quantitative estimate of drug-likeness (QED) is 0.650. The highest BCUT2D eigenvalue weighted by Gasteiger charge is 2.36. The fourth-order valence-electron chi connectivity index (χ4n) is 3.37. The van der Waals surface area contributed by atoms with Gasteiger partial charge in [-0.05, 0) is 25.0 Å². The maximum atomic E-state index is 14.3. The van der Waals surface area contributed by atoms with Gasteiger partial charge in [0.25, 0.3) is 0 Å². The van der Waals surface area contributed by atoms with Crippen molar-refractivity contribution in [3.63, 3.8) is 0 Å². The first-order chi connectivity index (χ1) is 10.1. The number of benzene rings is 1. The van der Waals surface area contributed by atoms with Gasteiger partial charge in [-0.2, -0.15) is 0 Å². The summed E-state index contributed by atoms with van der Waals surface area (Å²) in [5.41, 5.74) is 5.36. The number of nitrogens with two attached hydrogens (primary N) is 1. The monoisotopic (exact) mass is 295 g/mol. The molecule has 1 heterocycles. The standard InChI is InChI=1S/C15H19F2N3O/c16-10-7-9(15(18)19)8-11(17)14(10)20-5-6-21-13-4-2-1-3-12(13)20/h7-8,12-13H,1-6H2,(H3,18,19). The van der Waals surface area contributed by atoms with Crippen molar-refractivity contribution < 1.29 is 13.5 Å². The molecule has 114 valence electrons. The number of nitrogen functional groups attached to an aromatic ring is 1. The van der Waals surface area contributed by atoms with Crippen molar-refractivity contribution >= 4 is 11.5 Å². The van der Waals surface area contributed by atoms with Gasteiger partial charge < -0.3 is 15.4 Å². The second-order valence-electron chi connectivity index (χ2n) is 5.66. The predicted octanol–water partition coefficient (Wildman–Crippen LogP) is 2.40. The van der Waals surface area contributed by atoms with Gasteiger partial charge in [-0.3, -0.25) is 5.41 Å². The molecule has 0 radical (unpaired) electrons. The maximum Gasteiger partial charge on any atom is 0.150 e. The summed E-state index contributed by atoms with van der Waals surface area (Å²) >= 11 is 0. The lowest BCUT2D eigenvalue weighted by atomic mass is 9.89. The van der Waals surface area contributed by atoms with Crippen LogP contribution in [0, 0.1) is 17.0 Å². The number of hydrogen-bond donors (Lipinski definition) is 2. The van der Waals surface area contributed by atoms with E-state index in [9.17, 15) is 8.78 Å². The molecule has 1 saturated heterocycles. The first kappa shape index (κ1) is 14.3. The van der Waals surface area contributed by atoms with Crippen LogP contribution in [-0.4, -0.2) is 31.1 Å². The summed E-state index contributed by atoms with van der Waals surface area (Å²) in [7, 11) is 0. The molecule has 2 atom stereocenters. The van der Waals surface area contributed by atoms with Crippen LogP contribution >= 0.6 is 0 Å². The number of anilines is 1. The molecule has 0 spiro atoms. The molecule has 1 aromatic carbocycles. The van der Waals surface area contributed by atoms with E-state index < -0.39 is 11.6 Å². The van der Waals surface area contributed by atoms with Gasteiger partial charge in [-0.1, -0.05) is 12.8 Å². The maximum absolute atomic E-state index is 14.3. The van der Waals surface area contributed by atoms with E-state index in [1.807, 2.05) is 0 Å². The Labute approximate surface area is 122 Å². The van der Waals surface area contributed by atoms with Gasteiger partial charge in [-0.15, -0.1) is 0 Å². The predicted molar refractivity (Wildman–Crippen MR) is 76.7 cm³/mol. The number of hydrogen-bond acceptors (Lipinski definition) is 3. The van der Waals surface area contributed by atoms with Crippen molar-refractivity contribution in [1.29, 1.82) is 5.41 Å². The zero-order chi connectivity index (χ0) is 15.0. The van der Waals surface area contributed by atoms with Gasteiger partial charge in [0.2, 0.25) is 0 Å². The molecule has 1 aliphatic heterocycles. The van der Waals surface area contributed by atoms with Crippen molar-refractivity contribution in [2.75, 3.05) is 18.1 Å². The van der Waals surface area contributed by atoms with Crippen LogP contribution in [0.1, 0.15) is 31.2 Å². The molecule has 4 nitrogen and oxygen atoms in total. The van der Waals surface area contributed by atoms with E-state index in [-0.39, 0.29) is 29.2 Å². The third-order valence-electron chi connectivity index (χ3n) is 4.35. The number of ether oxygens (including phenoxy) is 1. The van der Waals surface area contributed by atoms with Gasteiger partial charge in [0.15, 0.2) is 0 Å². The Bertz CT molecular complexity index is 539. The second kappa shape index (κ2) is 5.60. The van der Waals surface area contributed by atoms with Gasteiger partial charge in [0, 0.05) is 12.1 Å². The summed E-state index contributed by atoms with van der Waals surface area (Å²) in [6, 6.07) is 2.29. The molecule has 1 saturated carbocycles. The molecule has 0 amide bonds. The number of amidine groups is 1. The normalized spacial score (nSPS) is 25.5. The van der Waals surface area contributed by atoms with Gasteiger partial charge >= 0.3 is 0 Å². The topological polar surface area (TPSA) is 62.3 Å². The number of rotatable bonds is 2. The van der Waals surface area contributed by atoms with E-state index in [4.69, 9.17) is 15.9 Å². The Kier molecular flexibility index (Phi) is 3.80. The van der Waals surface area contributed by atoms with Crippen LogP contribution in [0.3, 0.4) is 0 Å². The van der Waals surface area contributed by atoms with E-state index in [0.29, 0.717) is 13.2 Å². The highest BCUT2D eigenvalue weighted by molar-refractivity contribution is 5.95. The average Bonchev–Trinajstić information content (AvgIpc) is 2.46. The first-order valence-electron chi connectivity index (χ1n) is 7.29. The van der Waals surface area contributed by atoms with Gasteiger partial charge in [-0.25, -0.2) is 8.78 Å². The van der Waals surface area contributed by atoms with Crippen LogP contribution in [0.5, 0.6) is 0 Å². The van der Waals surface area contributed by atoms with E-state index in [2.05, 4.69) is 0 Å². The molecule has 3 rings (SSSR count). The average molecular weight is 295 g/mol. The first-order valence-corrected chi connectivity index (χ1v) is 7.29. The minimum atomic E-state index is -0.661. The summed E-state index contributed by atoms with van der Waals surface area (Å²) in [5, 5.41) is 7.30. The largest absolute Gasteiger partial charge is 0.384 e. The van der Waals surface area contributed by atoms with E-state index in [1.54, 1.807) is 4.90 Å². The van der Waals surface area contributed by atoms with Crippen molar-refractivity contribution in [1.82, 2.24) is 0 Å². The Morgan fingerprint density at radius 1 is 1.24 bits per heavy atom. The SMILES string of the molecule is N=C(N)c1cc(F)c(N2CCOC3CCCCC32)c(F)c1. The minimum absolute atomic E-state index is 0.0137. The third-order valence-corrected chi connectivity index (χ3v) is 4.35. The Balaban J connectivity index is 1.97. The van der Waals surface area contributed by atoms with E-state index >= 15 is 0 Å². The molecule has 2 unspecified atom stereocenters. The number of halogens is 2. The number of fused-ring (bicyclic) bond motifs is 1. The van der Waals surface area contributed by atoms with Gasteiger partial charge in [0.05, 0.1) is 18.8 Å². The summed E-state index contributed by atoms with van der Waals surface area (Å²) < 4.78 is 34.4. The molecule has 1 aliphatic carbocycles. The molecule has 2 fully saturated rings. The lowest BCUT2D eigenvalue weighted by Gasteiger charge is -2.45. The van der Waals surface area contributed by atoms with Crippen LogP contribution in [0.2, 0.25) is 0 Å². The van der Waals surface area contributed by atoms with Crippen LogP contribution in [-0.2, 0) is 4.74 Å². The summed E-state index contributed by atoms with van der Waals surface area (Å²) in [5.74, 6) is -1.66. The summed E-state index contributed by atoms with van der Waals surface area (Å²) in [6.07, 6.45) is 4.03. The molecular weight excluding hydrogens is 276 g/mol. The number of nitrogens with zero attached hydrogens (tertiary/aromatic N) is 1. The molecule has 2 aliphatic rings. The zero-order valence-electron chi connectivity index (χ0n) is 11.7. The van der Waals surface area contributed by atoms with Crippen molar-refractivity contribution in [2.45, 2.75) is 37.8 Å². The molecule has 21 heavy (non-hydrogen) atoms. The molecular formula is C15H19F2N3O. The van der Waals surface area contributed by atoms with Crippen LogP contribution in [0.25, 0.3) is 0 Å². The summed E-state index contributed by atoms with van der Waals surface area (Å²) in [6.45, 7) is 0.961. The fourth-order valence-corrected chi connectivity index (χ4v) is 3.37. The Morgan fingerprint density at radius 3 is 2.57 bits per heavy atom. The molecule has 0 aromatic heterocycles. The van der Waals surface area contributed by atoms with Crippen LogP contribution in [0.15, 0.2) is 12.1 Å². The smallest absolute Gasteiger partial charge is 0.150 e. The zero-order valence-corrected chi connectivity index (χ0v) is 11.7. The van der Waals surface area contributed by atoms with Crippen molar-refractivity contribution in [2.24, 2.45) is 5.73 Å². The minimum Gasteiger partial charge on any atom is -0.384 e. The van der Waals surface area contributed by atoms with Crippen LogP contribution in [0.4, 0.5) is 14.5 Å². The number of nitrogens with one attached hydrogen (secondary N) is 1. The van der Waals surface area contributed by atoms with Crippen molar-refractivity contribution in [3.8, 4) is 0 Å². The second-order valence-corrected chi connectivity index (χ2v) is 5.66. The number of morpholine rings is 1. The molecule has 3 N–H and O–H groups in total. The van der Waals surface area contributed by atoms with E-state index in [0.717, 1.165) is 37.8 Å². The Morgan fingerprint density at radius 2 is 1.90 bits per heavy atom. The van der Waals surface area contributed by atoms with Crippen LogP contribution < -0.4 is 10.6 Å². The van der Waals surface area contributed by atoms with E-state index in [1.165, 1.54) is 0 Å². The third kappa shape index (κ3) is 2.60. The lowest BCUT2D eigenvalue weighted by Crippen LogP contribution is -2.53. The highest BCUT2D eigenvalue weighted by Crippen LogP contribution is 2.35. The highest BCUT2D eigenvalue weighted by atomic mass is 19.1. The van der Waals surface area contributed by atoms with Crippen molar-refractivity contribution in [3.05, 3.63) is 29.3 Å². The molecule has 0 bridgehead atoms. The summed E-state index contributed by atoms with van der Waals surface area (Å²) in [4.78, 5) is 1.79. The van der Waals surface area contributed by atoms with Gasteiger partial charge in [0.1, 0.15) is 23.2 Å². The molecule has 1 aromatic rings. The Hall–Kier alpha value is -1.69.